The van der Waals surface area contributed by atoms with E-state index in [9.17, 15) is 0 Å². The molecule has 0 heterocycles. The van der Waals surface area contributed by atoms with Gasteiger partial charge in [-0.05, 0) is 17.0 Å². The molecule has 15 heavy (non-hydrogen) atoms. The van der Waals surface area contributed by atoms with E-state index in [1.54, 1.807) is 0 Å². The van der Waals surface area contributed by atoms with Gasteiger partial charge in [0, 0.05) is 18.6 Å². The van der Waals surface area contributed by atoms with Crippen molar-refractivity contribution >= 4 is 11.6 Å². The highest BCUT2D eigenvalue weighted by molar-refractivity contribution is 6.25. The first-order valence-electron chi connectivity index (χ1n) is 5.29. The Labute approximate surface area is 97.1 Å². The summed E-state index contributed by atoms with van der Waals surface area (Å²) in [5.41, 5.74) is 4.23. The van der Waals surface area contributed by atoms with Crippen molar-refractivity contribution in [3.05, 3.63) is 47.0 Å². The molecule has 0 unspecified atom stereocenters. The molecule has 0 fully saturated rings. The van der Waals surface area contributed by atoms with Crippen molar-refractivity contribution in [2.24, 2.45) is 0 Å². The van der Waals surface area contributed by atoms with Crippen LogP contribution in [0.5, 0.6) is 0 Å². The van der Waals surface area contributed by atoms with E-state index in [1.807, 2.05) is 6.08 Å². The summed E-state index contributed by atoms with van der Waals surface area (Å²) >= 11 is 5.42. The normalized spacial score (nSPS) is 11.5. The molecule has 0 radical (unpaired) electrons. The average Bonchev–Trinajstić information content (AvgIpc) is 2.25. The highest BCUT2D eigenvalue weighted by Gasteiger charge is 1.98. The minimum atomic E-state index is 0.603. The Morgan fingerprint density at radius 3 is 2.47 bits per heavy atom. The molecule has 2 heteroatoms. The van der Waals surface area contributed by atoms with Gasteiger partial charge in [0.25, 0.3) is 0 Å². The third-order valence-corrected chi connectivity index (χ3v) is 2.50. The van der Waals surface area contributed by atoms with Crippen LogP contribution in [-0.2, 0) is 6.54 Å². The number of hydrogen-bond donors (Lipinski definition) is 1. The van der Waals surface area contributed by atoms with Gasteiger partial charge < -0.3 is 5.32 Å². The second kappa shape index (κ2) is 6.65. The van der Waals surface area contributed by atoms with Crippen LogP contribution in [0.15, 0.2) is 35.9 Å². The molecular weight excluding hydrogens is 206 g/mol. The van der Waals surface area contributed by atoms with E-state index < -0.39 is 0 Å². The number of halogens is 1. The number of benzene rings is 1. The largest absolute Gasteiger partial charge is 0.309 e. The molecule has 0 aliphatic heterocycles. The van der Waals surface area contributed by atoms with Crippen molar-refractivity contribution in [1.82, 2.24) is 5.32 Å². The Hall–Kier alpha value is -0.790. The van der Waals surface area contributed by atoms with Gasteiger partial charge in [0.15, 0.2) is 0 Å². The van der Waals surface area contributed by atoms with Crippen molar-refractivity contribution in [3.8, 4) is 0 Å². The molecule has 0 amide bonds. The summed E-state index contributed by atoms with van der Waals surface area (Å²) in [5, 5.41) is 3.28. The maximum atomic E-state index is 5.42. The first kappa shape index (κ1) is 12.3. The van der Waals surface area contributed by atoms with Crippen molar-refractivity contribution in [1.29, 1.82) is 0 Å². The second-order valence-corrected chi connectivity index (χ2v) is 4.14. The highest BCUT2D eigenvalue weighted by Crippen LogP contribution is 2.14. The summed E-state index contributed by atoms with van der Waals surface area (Å²) in [6, 6.07) is 8.73. The van der Waals surface area contributed by atoms with E-state index in [0.717, 1.165) is 13.1 Å². The van der Waals surface area contributed by atoms with Gasteiger partial charge in [0.1, 0.15) is 0 Å². The van der Waals surface area contributed by atoms with Gasteiger partial charge in [-0.3, -0.25) is 0 Å². The molecule has 0 saturated carbocycles. The zero-order chi connectivity index (χ0) is 11.1. The number of nitrogens with one attached hydrogen (secondary N) is 1. The number of rotatable bonds is 5. The molecule has 1 nitrogen and oxygen atoms in total. The van der Waals surface area contributed by atoms with Crippen LogP contribution >= 0.6 is 11.6 Å². The predicted octanol–water partition coefficient (Wildman–Crippen LogP) is 3.65. The van der Waals surface area contributed by atoms with Crippen LogP contribution in [-0.4, -0.2) is 6.54 Å². The van der Waals surface area contributed by atoms with Crippen LogP contribution in [0, 0.1) is 0 Å². The molecule has 1 aromatic rings. The zero-order valence-corrected chi connectivity index (χ0v) is 10.1. The molecule has 0 aliphatic rings. The Morgan fingerprint density at radius 1 is 1.27 bits per heavy atom. The van der Waals surface area contributed by atoms with Crippen molar-refractivity contribution < 1.29 is 0 Å². The summed E-state index contributed by atoms with van der Waals surface area (Å²) in [6.45, 7) is 6.12. The van der Waals surface area contributed by atoms with E-state index in [-0.39, 0.29) is 0 Å². The van der Waals surface area contributed by atoms with Crippen LogP contribution in [0.3, 0.4) is 0 Å². The molecule has 0 aliphatic carbocycles. The van der Waals surface area contributed by atoms with Crippen molar-refractivity contribution in [3.63, 3.8) is 0 Å². The van der Waals surface area contributed by atoms with Gasteiger partial charge >= 0.3 is 0 Å². The van der Waals surface area contributed by atoms with E-state index in [2.05, 4.69) is 43.4 Å². The van der Waals surface area contributed by atoms with Gasteiger partial charge in [-0.2, -0.15) is 0 Å². The standard InChI is InChI=1S/C13H18ClN/c1-11(2)13-6-4-12(5-7-13)10-15-9-3-8-14/h3-8,11,15H,9-10H2,1-2H3/b8-3+. The van der Waals surface area contributed by atoms with Gasteiger partial charge in [-0.1, -0.05) is 55.8 Å². The van der Waals surface area contributed by atoms with Crippen LogP contribution in [0.2, 0.25) is 0 Å². The van der Waals surface area contributed by atoms with Crippen molar-refractivity contribution in [2.45, 2.75) is 26.3 Å². The fraction of sp³-hybridized carbons (Fsp3) is 0.385. The van der Waals surface area contributed by atoms with Crippen LogP contribution < -0.4 is 5.32 Å². The zero-order valence-electron chi connectivity index (χ0n) is 9.33. The lowest BCUT2D eigenvalue weighted by molar-refractivity contribution is 0.758. The smallest absolute Gasteiger partial charge is 0.0208 e. The molecule has 0 aromatic heterocycles. The van der Waals surface area contributed by atoms with E-state index >= 15 is 0 Å². The molecule has 0 saturated heterocycles. The van der Waals surface area contributed by atoms with Gasteiger partial charge in [0.2, 0.25) is 0 Å². The fourth-order valence-electron chi connectivity index (χ4n) is 1.36. The molecule has 1 rings (SSSR count). The Bertz CT molecular complexity index is 301. The third-order valence-electron chi connectivity index (χ3n) is 2.33. The molecular formula is C13H18ClN. The Morgan fingerprint density at radius 2 is 1.93 bits per heavy atom. The van der Waals surface area contributed by atoms with Crippen LogP contribution in [0.25, 0.3) is 0 Å². The molecule has 0 spiro atoms. The molecule has 0 atom stereocenters. The first-order chi connectivity index (χ1) is 7.24. The summed E-state index contributed by atoms with van der Waals surface area (Å²) in [5.74, 6) is 0.603. The Kier molecular flexibility index (Phi) is 5.44. The summed E-state index contributed by atoms with van der Waals surface area (Å²) < 4.78 is 0. The van der Waals surface area contributed by atoms with Crippen molar-refractivity contribution in [2.75, 3.05) is 6.54 Å². The maximum absolute atomic E-state index is 5.42. The third kappa shape index (κ3) is 4.50. The maximum Gasteiger partial charge on any atom is 0.0208 e. The van der Waals surface area contributed by atoms with Crippen LogP contribution in [0.1, 0.15) is 30.9 Å². The first-order valence-corrected chi connectivity index (χ1v) is 5.72. The van der Waals surface area contributed by atoms with E-state index in [0.29, 0.717) is 5.92 Å². The lowest BCUT2D eigenvalue weighted by Gasteiger charge is -2.07. The summed E-state index contributed by atoms with van der Waals surface area (Å²) in [6.07, 6.45) is 1.89. The predicted molar refractivity (Wildman–Crippen MR) is 67.2 cm³/mol. The quantitative estimate of drug-likeness (QED) is 0.752. The van der Waals surface area contributed by atoms with Gasteiger partial charge in [-0.25, -0.2) is 0 Å². The molecule has 1 N–H and O–H groups in total. The molecule has 82 valence electrons. The van der Waals surface area contributed by atoms with Gasteiger partial charge in [-0.15, -0.1) is 0 Å². The molecule has 0 bridgehead atoms. The van der Waals surface area contributed by atoms with E-state index in [4.69, 9.17) is 11.6 Å². The Balaban J connectivity index is 2.42. The lowest BCUT2D eigenvalue weighted by Crippen LogP contribution is -2.12. The topological polar surface area (TPSA) is 12.0 Å². The number of hydrogen-bond acceptors (Lipinski definition) is 1. The summed E-state index contributed by atoms with van der Waals surface area (Å²) in [7, 11) is 0. The average molecular weight is 224 g/mol. The van der Waals surface area contributed by atoms with Crippen LogP contribution in [0.4, 0.5) is 0 Å². The fourth-order valence-corrected chi connectivity index (χ4v) is 1.45. The highest BCUT2D eigenvalue weighted by atomic mass is 35.5. The minimum Gasteiger partial charge on any atom is -0.309 e. The van der Waals surface area contributed by atoms with E-state index in [1.165, 1.54) is 16.7 Å². The summed E-state index contributed by atoms with van der Waals surface area (Å²) in [4.78, 5) is 0. The second-order valence-electron chi connectivity index (χ2n) is 3.89. The monoisotopic (exact) mass is 223 g/mol. The van der Waals surface area contributed by atoms with Gasteiger partial charge in [0.05, 0.1) is 0 Å². The molecule has 1 aromatic carbocycles. The minimum absolute atomic E-state index is 0.603. The lowest BCUT2D eigenvalue weighted by atomic mass is 10.0. The SMILES string of the molecule is CC(C)c1ccc(CNC/C=C/Cl)cc1.